The lowest BCUT2D eigenvalue weighted by Gasteiger charge is -2.12. The third-order valence-corrected chi connectivity index (χ3v) is 5.35. The SMILES string of the molecule is CCn1cc(CN2C(=O)/C(=C\c3ccc(COc4ccc([N+](=O)[O-])c(C)c4)o3)NC2=S)cn1. The summed E-state index contributed by atoms with van der Waals surface area (Å²) in [5.74, 6) is 1.25. The molecule has 10 nitrogen and oxygen atoms in total. The minimum atomic E-state index is -0.436. The van der Waals surface area contributed by atoms with Gasteiger partial charge in [-0.3, -0.25) is 24.5 Å². The van der Waals surface area contributed by atoms with Crippen molar-refractivity contribution in [3.8, 4) is 5.75 Å². The quantitative estimate of drug-likeness (QED) is 0.231. The first-order chi connectivity index (χ1) is 15.8. The van der Waals surface area contributed by atoms with E-state index in [9.17, 15) is 14.9 Å². The molecule has 1 saturated heterocycles. The Hall–Kier alpha value is -3.99. The van der Waals surface area contributed by atoms with Crippen molar-refractivity contribution < 1.29 is 18.9 Å². The van der Waals surface area contributed by atoms with Crippen LogP contribution in [-0.2, 0) is 24.5 Å². The lowest BCUT2D eigenvalue weighted by molar-refractivity contribution is -0.385. The number of ether oxygens (including phenoxy) is 1. The average molecular weight is 468 g/mol. The van der Waals surface area contributed by atoms with Crippen molar-refractivity contribution >= 4 is 35.0 Å². The van der Waals surface area contributed by atoms with Gasteiger partial charge >= 0.3 is 0 Å². The molecule has 1 aromatic carbocycles. The zero-order chi connectivity index (χ0) is 23.5. The Bertz CT molecular complexity index is 1260. The van der Waals surface area contributed by atoms with Crippen LogP contribution in [0.1, 0.15) is 29.6 Å². The largest absolute Gasteiger partial charge is 0.486 e. The van der Waals surface area contributed by atoms with E-state index >= 15 is 0 Å². The summed E-state index contributed by atoms with van der Waals surface area (Å²) in [4.78, 5) is 24.8. The molecule has 1 fully saturated rings. The molecule has 1 N–H and O–H groups in total. The minimum Gasteiger partial charge on any atom is -0.486 e. The Morgan fingerprint density at radius 2 is 2.15 bits per heavy atom. The highest BCUT2D eigenvalue weighted by molar-refractivity contribution is 7.80. The van der Waals surface area contributed by atoms with Crippen LogP contribution in [0.2, 0.25) is 0 Å². The summed E-state index contributed by atoms with van der Waals surface area (Å²) in [7, 11) is 0. The maximum Gasteiger partial charge on any atom is 0.276 e. The van der Waals surface area contributed by atoms with Crippen LogP contribution in [0, 0.1) is 17.0 Å². The molecule has 1 amide bonds. The van der Waals surface area contributed by atoms with Gasteiger partial charge in [-0.2, -0.15) is 5.10 Å². The fourth-order valence-electron chi connectivity index (χ4n) is 3.33. The van der Waals surface area contributed by atoms with Gasteiger partial charge in [0, 0.05) is 36.0 Å². The number of aryl methyl sites for hydroxylation is 2. The fourth-order valence-corrected chi connectivity index (χ4v) is 3.59. The maximum atomic E-state index is 12.8. The monoisotopic (exact) mass is 467 g/mol. The van der Waals surface area contributed by atoms with E-state index < -0.39 is 4.92 Å². The van der Waals surface area contributed by atoms with Crippen molar-refractivity contribution in [2.24, 2.45) is 0 Å². The second kappa shape index (κ2) is 9.25. The van der Waals surface area contributed by atoms with E-state index in [4.69, 9.17) is 21.4 Å². The summed E-state index contributed by atoms with van der Waals surface area (Å²) in [5.41, 5.74) is 1.75. The van der Waals surface area contributed by atoms with E-state index in [0.717, 1.165) is 12.1 Å². The Morgan fingerprint density at radius 1 is 1.33 bits per heavy atom. The van der Waals surface area contributed by atoms with E-state index in [1.807, 2.05) is 13.1 Å². The highest BCUT2D eigenvalue weighted by Crippen LogP contribution is 2.24. The molecule has 0 bridgehead atoms. The van der Waals surface area contributed by atoms with Gasteiger partial charge < -0.3 is 14.5 Å². The van der Waals surface area contributed by atoms with Gasteiger partial charge in [-0.25, -0.2) is 0 Å². The van der Waals surface area contributed by atoms with Crippen molar-refractivity contribution in [3.05, 3.63) is 81.2 Å². The molecule has 0 aliphatic carbocycles. The lowest BCUT2D eigenvalue weighted by Crippen LogP contribution is -2.29. The number of carbonyl (C=O) groups is 1. The summed E-state index contributed by atoms with van der Waals surface area (Å²) in [6, 6.07) is 8.00. The number of amides is 1. The molecule has 0 unspecified atom stereocenters. The molecule has 1 aliphatic rings. The van der Waals surface area contributed by atoms with Crippen molar-refractivity contribution in [2.75, 3.05) is 0 Å². The number of hydrogen-bond donors (Lipinski definition) is 1. The van der Waals surface area contributed by atoms with Gasteiger partial charge in [-0.1, -0.05) is 0 Å². The molecule has 3 heterocycles. The Kier molecular flexibility index (Phi) is 6.22. The maximum absolute atomic E-state index is 12.8. The van der Waals surface area contributed by atoms with E-state index in [-0.39, 0.29) is 18.2 Å². The van der Waals surface area contributed by atoms with Crippen LogP contribution in [0.4, 0.5) is 5.69 Å². The molecule has 1 aliphatic heterocycles. The number of rotatable bonds is 8. The zero-order valence-electron chi connectivity index (χ0n) is 18.0. The second-order valence-corrected chi connectivity index (χ2v) is 7.77. The van der Waals surface area contributed by atoms with E-state index in [1.54, 1.807) is 42.1 Å². The Morgan fingerprint density at radius 3 is 2.85 bits per heavy atom. The number of nitro groups is 1. The van der Waals surface area contributed by atoms with Crippen molar-refractivity contribution in [2.45, 2.75) is 33.5 Å². The topological polar surface area (TPSA) is 116 Å². The van der Waals surface area contributed by atoms with Crippen LogP contribution < -0.4 is 10.1 Å². The number of nitrogens with zero attached hydrogens (tertiary/aromatic N) is 4. The number of hydrogen-bond acceptors (Lipinski definition) is 7. The fraction of sp³-hybridized carbons (Fsp3) is 0.227. The molecule has 2 aromatic heterocycles. The summed E-state index contributed by atoms with van der Waals surface area (Å²) in [6.45, 7) is 4.84. The Labute approximate surface area is 194 Å². The molecule has 0 spiro atoms. The predicted octanol–water partition coefficient (Wildman–Crippen LogP) is 3.55. The van der Waals surface area contributed by atoms with Crippen LogP contribution in [0.15, 0.2) is 52.8 Å². The lowest BCUT2D eigenvalue weighted by atomic mass is 10.2. The minimum absolute atomic E-state index is 0.0362. The number of furan rings is 1. The van der Waals surface area contributed by atoms with Gasteiger partial charge in [0.05, 0.1) is 17.7 Å². The van der Waals surface area contributed by atoms with Crippen LogP contribution in [-0.4, -0.2) is 30.6 Å². The predicted molar refractivity (Wildman–Crippen MR) is 123 cm³/mol. The number of benzene rings is 1. The molecule has 11 heteroatoms. The number of aromatic nitrogens is 2. The molecule has 0 radical (unpaired) electrons. The van der Waals surface area contributed by atoms with Gasteiger partial charge in [0.25, 0.3) is 11.6 Å². The van der Waals surface area contributed by atoms with Gasteiger partial charge in [0.15, 0.2) is 5.11 Å². The third kappa shape index (κ3) is 4.93. The van der Waals surface area contributed by atoms with Crippen molar-refractivity contribution in [3.63, 3.8) is 0 Å². The molecule has 0 saturated carbocycles. The molecule has 0 atom stereocenters. The Balaban J connectivity index is 1.39. The van der Waals surface area contributed by atoms with E-state index in [0.29, 0.717) is 40.2 Å². The number of nitrogens with one attached hydrogen (secondary N) is 1. The summed E-state index contributed by atoms with van der Waals surface area (Å²) < 4.78 is 13.2. The van der Waals surface area contributed by atoms with Crippen molar-refractivity contribution in [1.82, 2.24) is 20.0 Å². The van der Waals surface area contributed by atoms with Gasteiger partial charge in [0.2, 0.25) is 0 Å². The highest BCUT2D eigenvalue weighted by atomic mass is 32.1. The van der Waals surface area contributed by atoms with Gasteiger partial charge in [0.1, 0.15) is 29.6 Å². The van der Waals surface area contributed by atoms with E-state index in [1.165, 1.54) is 17.0 Å². The van der Waals surface area contributed by atoms with Crippen molar-refractivity contribution in [1.29, 1.82) is 0 Å². The smallest absolute Gasteiger partial charge is 0.276 e. The third-order valence-electron chi connectivity index (χ3n) is 5.03. The first kappa shape index (κ1) is 22.2. The van der Waals surface area contributed by atoms with Crippen LogP contribution in [0.5, 0.6) is 5.75 Å². The zero-order valence-corrected chi connectivity index (χ0v) is 18.8. The summed E-state index contributed by atoms with van der Waals surface area (Å²) in [5, 5.41) is 18.4. The molecular weight excluding hydrogens is 446 g/mol. The van der Waals surface area contributed by atoms with E-state index in [2.05, 4.69) is 10.4 Å². The van der Waals surface area contributed by atoms with Gasteiger partial charge in [-0.05, 0) is 50.3 Å². The molecule has 3 aromatic rings. The normalized spacial score (nSPS) is 14.7. The number of nitro benzene ring substituents is 1. The second-order valence-electron chi connectivity index (χ2n) is 7.38. The standard InChI is InChI=1S/C22H21N5O5S/c1-3-25-11-15(10-23-25)12-26-21(28)19(24-22(26)33)9-17-4-5-18(32-17)13-31-16-6-7-20(27(29)30)14(2)8-16/h4-11H,3,12-13H2,1-2H3,(H,24,33)/b19-9+. The average Bonchev–Trinajstić information content (AvgIpc) is 3.49. The van der Waals surface area contributed by atoms with Crippen LogP contribution >= 0.6 is 12.2 Å². The highest BCUT2D eigenvalue weighted by Gasteiger charge is 2.31. The first-order valence-corrected chi connectivity index (χ1v) is 10.6. The van der Waals surface area contributed by atoms with Crippen LogP contribution in [0.3, 0.4) is 0 Å². The molecule has 170 valence electrons. The van der Waals surface area contributed by atoms with Crippen LogP contribution in [0.25, 0.3) is 6.08 Å². The number of carbonyl (C=O) groups excluding carboxylic acids is 1. The number of thiocarbonyl (C=S) groups is 1. The first-order valence-electron chi connectivity index (χ1n) is 10.2. The molecule has 4 rings (SSSR count). The molecule has 33 heavy (non-hydrogen) atoms. The van der Waals surface area contributed by atoms with Gasteiger partial charge in [-0.15, -0.1) is 0 Å². The summed E-state index contributed by atoms with van der Waals surface area (Å²) >= 11 is 5.31. The summed E-state index contributed by atoms with van der Waals surface area (Å²) in [6.07, 6.45) is 5.18. The molecular formula is C22H21N5O5S.